The van der Waals surface area contributed by atoms with E-state index >= 15 is 0 Å². The van der Waals surface area contributed by atoms with Crippen molar-refractivity contribution in [2.75, 3.05) is 33.3 Å². The van der Waals surface area contributed by atoms with Crippen LogP contribution in [-0.2, 0) is 24.2 Å². The Morgan fingerprint density at radius 2 is 1.95 bits per heavy atom. The van der Waals surface area contributed by atoms with E-state index in [1.807, 2.05) is 25.1 Å². The van der Waals surface area contributed by atoms with Gasteiger partial charge in [-0.15, -0.1) is 0 Å². The number of likely N-dealkylation sites (tertiary alicyclic amines) is 1. The van der Waals surface area contributed by atoms with E-state index in [1.165, 1.54) is 35.1 Å². The van der Waals surface area contributed by atoms with E-state index in [0.717, 1.165) is 25.1 Å². The van der Waals surface area contributed by atoms with E-state index < -0.39 is 6.10 Å². The van der Waals surface area contributed by atoms with Crippen molar-refractivity contribution in [2.45, 2.75) is 63.6 Å². The van der Waals surface area contributed by atoms with Gasteiger partial charge in [-0.05, 0) is 86.7 Å². The number of hydrogen-bond acceptors (Lipinski definition) is 6. The lowest BCUT2D eigenvalue weighted by atomic mass is 10.0. The maximum Gasteiger partial charge on any atom is 0.149 e. The molecule has 3 aliphatic rings. The van der Waals surface area contributed by atoms with E-state index in [4.69, 9.17) is 9.47 Å². The number of aliphatic hydroxyl groups is 1. The molecule has 0 radical (unpaired) electrons. The second-order valence-electron chi connectivity index (χ2n) is 10.5. The molecule has 1 aliphatic carbocycles. The molecule has 2 aliphatic heterocycles. The fourth-order valence-corrected chi connectivity index (χ4v) is 5.80. The fourth-order valence-electron chi connectivity index (χ4n) is 5.80. The highest BCUT2D eigenvalue weighted by Crippen LogP contribution is 2.28. The summed E-state index contributed by atoms with van der Waals surface area (Å²) in [5.74, 6) is 0.916. The summed E-state index contributed by atoms with van der Waals surface area (Å²) in [7, 11) is 2.20. The van der Waals surface area contributed by atoms with Crippen molar-refractivity contribution < 1.29 is 14.6 Å². The second kappa shape index (κ2) is 12.3. The predicted molar refractivity (Wildman–Crippen MR) is 147 cm³/mol. The number of benzene rings is 2. The van der Waals surface area contributed by atoms with Crippen molar-refractivity contribution in [3.8, 4) is 5.75 Å². The van der Waals surface area contributed by atoms with Crippen LogP contribution in [0, 0.1) is 0 Å². The Balaban J connectivity index is 1.12. The highest BCUT2D eigenvalue weighted by atomic mass is 16.5. The first-order valence-corrected chi connectivity index (χ1v) is 13.8. The summed E-state index contributed by atoms with van der Waals surface area (Å²) in [6.07, 6.45) is 10.3. The smallest absolute Gasteiger partial charge is 0.149 e. The summed E-state index contributed by atoms with van der Waals surface area (Å²) >= 11 is 0. The van der Waals surface area contributed by atoms with E-state index in [9.17, 15) is 5.11 Å². The van der Waals surface area contributed by atoms with Gasteiger partial charge in [0.25, 0.3) is 0 Å². The molecule has 2 aromatic carbocycles. The minimum absolute atomic E-state index is 0.125. The molecule has 198 valence electrons. The van der Waals surface area contributed by atoms with Crippen LogP contribution in [0.5, 0.6) is 5.75 Å². The molecule has 37 heavy (non-hydrogen) atoms. The molecular weight excluding hydrogens is 462 g/mol. The Morgan fingerprint density at radius 1 is 1.11 bits per heavy atom. The fraction of sp³-hybridized carbons (Fsp3) is 0.484. The van der Waals surface area contributed by atoms with Crippen molar-refractivity contribution >= 4 is 0 Å². The number of β-amino-alcohol motifs (C(OH)–C–C–N with tert-alkyl or cyclic N) is 1. The van der Waals surface area contributed by atoms with Crippen LogP contribution in [0.15, 0.2) is 72.5 Å². The molecule has 6 nitrogen and oxygen atoms in total. The molecule has 1 saturated heterocycles. The minimum atomic E-state index is -0.484. The maximum atomic E-state index is 10.9. The number of aliphatic hydroxyl groups excluding tert-OH is 1. The highest BCUT2D eigenvalue weighted by Gasteiger charge is 2.28. The number of likely N-dealkylation sites (N-methyl/N-ethyl adjacent to an activating group) is 1. The topological polar surface area (TPSA) is 57.2 Å². The van der Waals surface area contributed by atoms with Crippen molar-refractivity contribution in [1.29, 1.82) is 0 Å². The summed E-state index contributed by atoms with van der Waals surface area (Å²) in [6.45, 7) is 5.48. The van der Waals surface area contributed by atoms with Gasteiger partial charge < -0.3 is 24.8 Å². The zero-order chi connectivity index (χ0) is 25.6. The normalized spacial score (nSPS) is 24.2. The van der Waals surface area contributed by atoms with Gasteiger partial charge in [-0.25, -0.2) is 0 Å². The highest BCUT2D eigenvalue weighted by molar-refractivity contribution is 5.40. The number of fused-ring (bicyclic) bond motifs is 1. The molecular formula is C31H41N3O3. The van der Waals surface area contributed by atoms with Gasteiger partial charge in [0.05, 0.1) is 6.10 Å². The first kappa shape index (κ1) is 26.0. The lowest BCUT2D eigenvalue weighted by molar-refractivity contribution is -0.0178. The molecule has 0 saturated carbocycles. The lowest BCUT2D eigenvalue weighted by Crippen LogP contribution is -2.45. The van der Waals surface area contributed by atoms with E-state index in [0.29, 0.717) is 38.4 Å². The van der Waals surface area contributed by atoms with Gasteiger partial charge in [0.15, 0.2) is 0 Å². The predicted octanol–water partition coefficient (Wildman–Crippen LogP) is 3.90. The first-order chi connectivity index (χ1) is 18.1. The monoisotopic (exact) mass is 503 g/mol. The van der Waals surface area contributed by atoms with Crippen molar-refractivity contribution in [3.05, 3.63) is 89.1 Å². The Morgan fingerprint density at radius 3 is 2.73 bits per heavy atom. The standard InChI is InChI=1S/C31H41N3O3/c1-3-36-31-14-12-25(30-10-7-15-33(30)2)20-34(31)21-28(35)19-32-27-16-24-11-13-29(18-26(24)17-27)37-22-23-8-5-4-6-9-23/h4-6,8-9,11-14,18,20,27-28,30-32,35H,3,7,10,15-17,19,21-22H2,1-2H3/t27?,28?,30?,31-/m0/s1. The molecule has 0 spiro atoms. The van der Waals surface area contributed by atoms with Crippen LogP contribution in [0.25, 0.3) is 0 Å². The van der Waals surface area contributed by atoms with Crippen molar-refractivity contribution in [2.24, 2.45) is 0 Å². The summed E-state index contributed by atoms with van der Waals surface area (Å²) in [5.41, 5.74) is 5.19. The van der Waals surface area contributed by atoms with Crippen LogP contribution in [-0.4, -0.2) is 72.6 Å². The van der Waals surface area contributed by atoms with E-state index in [2.05, 4.69) is 70.8 Å². The Bertz CT molecular complexity index is 1090. The summed E-state index contributed by atoms with van der Waals surface area (Å²) < 4.78 is 12.0. The largest absolute Gasteiger partial charge is 0.489 e. The lowest BCUT2D eigenvalue weighted by Gasteiger charge is -2.35. The molecule has 6 heteroatoms. The zero-order valence-corrected chi connectivity index (χ0v) is 22.2. The molecule has 3 unspecified atom stereocenters. The van der Waals surface area contributed by atoms with Gasteiger partial charge >= 0.3 is 0 Å². The Labute approximate surface area is 221 Å². The summed E-state index contributed by atoms with van der Waals surface area (Å²) in [6, 6.07) is 17.5. The number of nitrogens with one attached hydrogen (secondary N) is 1. The maximum absolute atomic E-state index is 10.9. The molecule has 0 bridgehead atoms. The van der Waals surface area contributed by atoms with Crippen LogP contribution < -0.4 is 10.1 Å². The number of hydrogen-bond donors (Lipinski definition) is 2. The number of nitrogens with zero attached hydrogens (tertiary/aromatic N) is 2. The third-order valence-electron chi connectivity index (χ3n) is 7.76. The molecule has 2 N–H and O–H groups in total. The van der Waals surface area contributed by atoms with Crippen LogP contribution in [0.4, 0.5) is 0 Å². The molecule has 2 heterocycles. The van der Waals surface area contributed by atoms with Gasteiger partial charge in [0, 0.05) is 38.0 Å². The Hall–Kier alpha value is -2.64. The second-order valence-corrected chi connectivity index (χ2v) is 10.5. The summed E-state index contributed by atoms with van der Waals surface area (Å²) in [5, 5.41) is 14.6. The van der Waals surface area contributed by atoms with Gasteiger partial charge in [0.1, 0.15) is 18.6 Å². The molecule has 5 rings (SSSR count). The van der Waals surface area contributed by atoms with Gasteiger partial charge in [-0.3, -0.25) is 4.90 Å². The Kier molecular flexibility index (Phi) is 8.62. The van der Waals surface area contributed by atoms with Crippen LogP contribution in [0.2, 0.25) is 0 Å². The SMILES string of the molecule is CCO[C@H]1C=CC(C2CCCN2C)=CN1CC(O)CNC1Cc2ccc(OCc3ccccc3)cc2C1. The number of rotatable bonds is 11. The van der Waals surface area contributed by atoms with Gasteiger partial charge in [-0.2, -0.15) is 0 Å². The van der Waals surface area contributed by atoms with E-state index in [-0.39, 0.29) is 6.23 Å². The summed E-state index contributed by atoms with van der Waals surface area (Å²) in [4.78, 5) is 4.58. The quantitative estimate of drug-likeness (QED) is 0.485. The average Bonchev–Trinajstić information content (AvgIpc) is 3.53. The third-order valence-corrected chi connectivity index (χ3v) is 7.76. The van der Waals surface area contributed by atoms with E-state index in [1.54, 1.807) is 0 Å². The average molecular weight is 504 g/mol. The molecule has 0 amide bonds. The molecule has 0 aromatic heterocycles. The van der Waals surface area contributed by atoms with Crippen LogP contribution >= 0.6 is 0 Å². The third kappa shape index (κ3) is 6.63. The van der Waals surface area contributed by atoms with Gasteiger partial charge in [-0.1, -0.05) is 42.5 Å². The molecule has 1 fully saturated rings. The number of ether oxygens (including phenoxy) is 2. The molecule has 2 aromatic rings. The zero-order valence-electron chi connectivity index (χ0n) is 22.2. The minimum Gasteiger partial charge on any atom is -0.489 e. The van der Waals surface area contributed by atoms with Crippen LogP contribution in [0.1, 0.15) is 36.5 Å². The molecule has 4 atom stereocenters. The van der Waals surface area contributed by atoms with Crippen molar-refractivity contribution in [3.63, 3.8) is 0 Å². The van der Waals surface area contributed by atoms with Gasteiger partial charge in [0.2, 0.25) is 0 Å². The van der Waals surface area contributed by atoms with Crippen molar-refractivity contribution in [1.82, 2.24) is 15.1 Å². The first-order valence-electron chi connectivity index (χ1n) is 13.8. The van der Waals surface area contributed by atoms with Crippen LogP contribution in [0.3, 0.4) is 0 Å².